The molecule has 2 fully saturated rings. The lowest BCUT2D eigenvalue weighted by Gasteiger charge is -2.32. The van der Waals surface area contributed by atoms with Gasteiger partial charge < -0.3 is 40.3 Å². The Kier molecular flexibility index (Phi) is 5.30. The van der Waals surface area contributed by atoms with Crippen LogP contribution in [0.25, 0.3) is 5.52 Å². The molecule has 178 valence electrons. The van der Waals surface area contributed by atoms with E-state index in [1.165, 1.54) is 17.5 Å². The van der Waals surface area contributed by atoms with Crippen LogP contribution < -0.4 is 5.73 Å². The molecule has 4 rings (SSSR count). The molecule has 7 atom stereocenters. The lowest BCUT2D eigenvalue weighted by Crippen LogP contribution is -2.46. The van der Waals surface area contributed by atoms with E-state index in [4.69, 9.17) is 20.3 Å². The number of aliphatic hydroxyl groups excluding tert-OH is 1. The lowest BCUT2D eigenvalue weighted by atomic mass is 9.91. The Hall–Kier alpha value is -1.29. The molecule has 8 N–H and O–H groups in total. The number of nitrogens with two attached hydrogens (primary N) is 1. The summed E-state index contributed by atoms with van der Waals surface area (Å²) in [7, 11) is -16.8. The zero-order valence-electron chi connectivity index (χ0n) is 15.8. The molecule has 0 amide bonds. The van der Waals surface area contributed by atoms with Crippen LogP contribution in [-0.2, 0) is 37.2 Å². The highest BCUT2D eigenvalue weighted by Crippen LogP contribution is 2.69. The van der Waals surface area contributed by atoms with Gasteiger partial charge in [-0.05, 0) is 19.1 Å². The lowest BCUT2D eigenvalue weighted by molar-refractivity contribution is -0.125. The summed E-state index contributed by atoms with van der Waals surface area (Å²) < 4.78 is 52.9. The summed E-state index contributed by atoms with van der Waals surface area (Å²) in [6.45, 7) is 1.41. The number of phosphoric acid groups is 3. The third kappa shape index (κ3) is 3.85. The van der Waals surface area contributed by atoms with Crippen LogP contribution in [0, 0.1) is 0 Å². The minimum atomic E-state index is -5.74. The average Bonchev–Trinajstić information content (AvgIpc) is 2.93. The minimum Gasteiger partial charge on any atom is -0.386 e. The molecule has 1 saturated carbocycles. The van der Waals surface area contributed by atoms with Gasteiger partial charge in [0.25, 0.3) is 0 Å². The van der Waals surface area contributed by atoms with Gasteiger partial charge >= 0.3 is 23.5 Å². The standard InChI is InChI=1S/C12H17N4O13P3/c1-11(6-3-2-5-9(13)14-4-15-16(5)6)10(17)12(18)7(26-11)8(12)27-31(22,23)29-32(24,25)28-30(19,20)21/h2-4,7-8,10,17-18H,1H3,(H,22,23)(H,24,25)(H2,13,14,15)(H2,19,20,21)/t7-,8?,10+,11+,12+/m1/s1. The number of rotatable bonds is 7. The number of nitrogens with zero attached hydrogens (tertiary/aromatic N) is 3. The topological polar surface area (TPSA) is 266 Å². The Morgan fingerprint density at radius 3 is 2.38 bits per heavy atom. The van der Waals surface area contributed by atoms with Crippen molar-refractivity contribution >= 4 is 34.8 Å². The molecule has 0 spiro atoms. The number of anilines is 1. The van der Waals surface area contributed by atoms with Gasteiger partial charge in [0.2, 0.25) is 0 Å². The molecule has 0 bridgehead atoms. The number of ether oxygens (including phenoxy) is 1. The molecular weight excluding hydrogens is 501 g/mol. The van der Waals surface area contributed by atoms with E-state index in [1.807, 2.05) is 0 Å². The summed E-state index contributed by atoms with van der Waals surface area (Å²) in [5, 5.41) is 25.6. The normalized spacial score (nSPS) is 35.9. The van der Waals surface area contributed by atoms with E-state index < -0.39 is 53.0 Å². The SMILES string of the molecule is C[C@@]1(c2ccc3c(N)ncnn23)O[C@@H]2C(OP(=O)(O)OP(=O)(O)OP(=O)(O)O)[C@]2(O)[C@H]1O. The maximum absolute atomic E-state index is 12.0. The van der Waals surface area contributed by atoms with Crippen LogP contribution in [0.5, 0.6) is 0 Å². The van der Waals surface area contributed by atoms with Crippen LogP contribution in [0.1, 0.15) is 12.6 Å². The molecule has 3 heterocycles. The molecule has 2 aromatic heterocycles. The van der Waals surface area contributed by atoms with Crippen molar-refractivity contribution in [3.8, 4) is 0 Å². The van der Waals surface area contributed by atoms with Crippen molar-refractivity contribution < 1.29 is 61.4 Å². The number of hydrogen-bond donors (Lipinski definition) is 7. The van der Waals surface area contributed by atoms with Crippen molar-refractivity contribution in [1.82, 2.24) is 14.6 Å². The first kappa shape index (κ1) is 23.9. The maximum atomic E-state index is 12.0. The van der Waals surface area contributed by atoms with Gasteiger partial charge in [0.1, 0.15) is 35.8 Å². The first-order valence-electron chi connectivity index (χ1n) is 8.49. The van der Waals surface area contributed by atoms with Gasteiger partial charge in [-0.2, -0.15) is 13.7 Å². The highest BCUT2D eigenvalue weighted by atomic mass is 31.3. The molecule has 3 unspecified atom stereocenters. The number of phosphoric ester groups is 1. The zero-order chi connectivity index (χ0) is 23.9. The monoisotopic (exact) mass is 518 g/mol. The second-order valence-electron chi connectivity index (χ2n) is 7.21. The van der Waals surface area contributed by atoms with Crippen molar-refractivity contribution in [2.75, 3.05) is 5.73 Å². The predicted octanol–water partition coefficient (Wildman–Crippen LogP) is -1.26. The third-order valence-electron chi connectivity index (χ3n) is 5.06. The Bertz CT molecular complexity index is 1230. The van der Waals surface area contributed by atoms with Gasteiger partial charge in [0, 0.05) is 0 Å². The van der Waals surface area contributed by atoms with Crippen LogP contribution in [0.2, 0.25) is 0 Å². The predicted molar refractivity (Wildman–Crippen MR) is 99.3 cm³/mol. The summed E-state index contributed by atoms with van der Waals surface area (Å²) in [5.41, 5.74) is 2.57. The van der Waals surface area contributed by atoms with Crippen LogP contribution in [0.4, 0.5) is 5.82 Å². The Labute approximate surface area is 177 Å². The molecule has 0 aromatic carbocycles. The van der Waals surface area contributed by atoms with E-state index in [0.29, 0.717) is 5.52 Å². The summed E-state index contributed by atoms with van der Waals surface area (Å²) in [6.07, 6.45) is -3.70. The highest BCUT2D eigenvalue weighted by molar-refractivity contribution is 7.66. The summed E-state index contributed by atoms with van der Waals surface area (Å²) >= 11 is 0. The van der Waals surface area contributed by atoms with Crippen molar-refractivity contribution in [2.24, 2.45) is 0 Å². The maximum Gasteiger partial charge on any atom is 0.490 e. The Morgan fingerprint density at radius 2 is 1.81 bits per heavy atom. The van der Waals surface area contributed by atoms with Crippen LogP contribution >= 0.6 is 23.5 Å². The van der Waals surface area contributed by atoms with Crippen molar-refractivity contribution in [3.63, 3.8) is 0 Å². The summed E-state index contributed by atoms with van der Waals surface area (Å²) in [4.78, 5) is 39.8. The van der Waals surface area contributed by atoms with E-state index in [1.54, 1.807) is 6.07 Å². The summed E-state index contributed by atoms with van der Waals surface area (Å²) in [5.74, 6) is 0.136. The van der Waals surface area contributed by atoms with Gasteiger partial charge in [-0.1, -0.05) is 0 Å². The van der Waals surface area contributed by atoms with Crippen LogP contribution in [0.3, 0.4) is 0 Å². The van der Waals surface area contributed by atoms with Crippen LogP contribution in [0.15, 0.2) is 18.5 Å². The van der Waals surface area contributed by atoms with E-state index in [0.717, 1.165) is 6.33 Å². The van der Waals surface area contributed by atoms with Crippen molar-refractivity contribution in [1.29, 1.82) is 0 Å². The van der Waals surface area contributed by atoms with Crippen LogP contribution in [-0.4, -0.2) is 68.3 Å². The Morgan fingerprint density at radius 1 is 1.16 bits per heavy atom. The molecule has 20 heteroatoms. The second-order valence-corrected chi connectivity index (χ2v) is 11.6. The largest absolute Gasteiger partial charge is 0.490 e. The van der Waals surface area contributed by atoms with E-state index in [9.17, 15) is 33.7 Å². The minimum absolute atomic E-state index is 0.136. The van der Waals surface area contributed by atoms with Crippen molar-refractivity contribution in [2.45, 2.75) is 36.4 Å². The van der Waals surface area contributed by atoms with Crippen molar-refractivity contribution in [3.05, 3.63) is 24.2 Å². The quantitative estimate of drug-likeness (QED) is 0.211. The number of aliphatic hydroxyl groups is 2. The first-order chi connectivity index (χ1) is 14.5. The zero-order valence-corrected chi connectivity index (χ0v) is 18.4. The number of aromatic nitrogens is 3. The average molecular weight is 518 g/mol. The van der Waals surface area contributed by atoms with E-state index in [-0.39, 0.29) is 11.5 Å². The number of fused-ring (bicyclic) bond motifs is 2. The fourth-order valence-electron chi connectivity index (χ4n) is 3.68. The molecule has 2 aromatic rings. The van der Waals surface area contributed by atoms with Gasteiger partial charge in [-0.3, -0.25) is 4.52 Å². The van der Waals surface area contributed by atoms with Gasteiger partial charge in [-0.15, -0.1) is 0 Å². The van der Waals surface area contributed by atoms with Gasteiger partial charge in [0.05, 0.1) is 5.69 Å². The fraction of sp³-hybridized carbons (Fsp3) is 0.500. The summed E-state index contributed by atoms with van der Waals surface area (Å²) in [6, 6.07) is 3.05. The number of nitrogen functional groups attached to an aromatic ring is 1. The fourth-order valence-corrected chi connectivity index (χ4v) is 6.91. The molecule has 1 aliphatic carbocycles. The van der Waals surface area contributed by atoms with E-state index in [2.05, 4.69) is 23.2 Å². The van der Waals surface area contributed by atoms with E-state index >= 15 is 0 Å². The van der Waals surface area contributed by atoms with Gasteiger partial charge in [-0.25, -0.2) is 23.2 Å². The first-order valence-corrected chi connectivity index (χ1v) is 13.0. The number of hydrogen-bond acceptors (Lipinski definition) is 12. The molecule has 2 aliphatic rings. The molecule has 1 saturated heterocycles. The third-order valence-corrected chi connectivity index (χ3v) is 8.88. The second kappa shape index (κ2) is 7.10. The molecule has 17 nitrogen and oxygen atoms in total. The van der Waals surface area contributed by atoms with Gasteiger partial charge in [0.15, 0.2) is 11.4 Å². The smallest absolute Gasteiger partial charge is 0.386 e. The molecule has 0 radical (unpaired) electrons. The molecule has 32 heavy (non-hydrogen) atoms. The molecular formula is C12H17N4O13P3. The molecule has 1 aliphatic heterocycles. The highest BCUT2D eigenvalue weighted by Gasteiger charge is 2.82. The Balaban J connectivity index is 1.53.